The molecule has 108 valence electrons. The van der Waals surface area contributed by atoms with Crippen molar-refractivity contribution in [3.8, 4) is 11.8 Å². The van der Waals surface area contributed by atoms with Gasteiger partial charge in [-0.3, -0.25) is 0 Å². The summed E-state index contributed by atoms with van der Waals surface area (Å²) in [4.78, 5) is 0. The Morgan fingerprint density at radius 1 is 1.29 bits per heavy atom. The van der Waals surface area contributed by atoms with E-state index in [2.05, 4.69) is 11.4 Å². The summed E-state index contributed by atoms with van der Waals surface area (Å²) < 4.78 is 18.6. The van der Waals surface area contributed by atoms with Gasteiger partial charge in [0.2, 0.25) is 0 Å². The molecule has 2 aromatic carbocycles. The van der Waals surface area contributed by atoms with Crippen LogP contribution in [-0.4, -0.2) is 7.11 Å². The molecule has 0 saturated heterocycles. The lowest BCUT2D eigenvalue weighted by Gasteiger charge is -2.17. The van der Waals surface area contributed by atoms with E-state index in [1.54, 1.807) is 7.11 Å². The Labute approximate surface area is 124 Å². The highest BCUT2D eigenvalue weighted by atomic mass is 19.1. The summed E-state index contributed by atoms with van der Waals surface area (Å²) in [6.45, 7) is 2.42. The Kier molecular flexibility index (Phi) is 4.91. The van der Waals surface area contributed by atoms with E-state index in [0.29, 0.717) is 17.7 Å². The fraction of sp³-hybridized carbons (Fsp3) is 0.235. The Morgan fingerprint density at radius 3 is 2.76 bits per heavy atom. The van der Waals surface area contributed by atoms with Gasteiger partial charge in [0.1, 0.15) is 11.6 Å². The van der Waals surface area contributed by atoms with Crippen LogP contribution in [0.4, 0.5) is 4.39 Å². The van der Waals surface area contributed by atoms with E-state index in [0.717, 1.165) is 11.3 Å². The molecule has 0 fully saturated rings. The molecule has 0 radical (unpaired) electrons. The third-order valence-corrected chi connectivity index (χ3v) is 3.39. The number of rotatable bonds is 5. The predicted octanol–water partition coefficient (Wildman–Crippen LogP) is 3.56. The van der Waals surface area contributed by atoms with Crippen LogP contribution in [0.2, 0.25) is 0 Å². The van der Waals surface area contributed by atoms with Gasteiger partial charge < -0.3 is 10.1 Å². The first-order chi connectivity index (χ1) is 10.2. The molecule has 21 heavy (non-hydrogen) atoms. The number of nitriles is 1. The number of benzene rings is 2. The minimum atomic E-state index is -0.337. The van der Waals surface area contributed by atoms with Gasteiger partial charge in [-0.2, -0.15) is 5.26 Å². The van der Waals surface area contributed by atoms with Crippen LogP contribution in [0.1, 0.15) is 29.7 Å². The van der Waals surface area contributed by atoms with Gasteiger partial charge in [-0.15, -0.1) is 0 Å². The van der Waals surface area contributed by atoms with Crippen LogP contribution in [0.15, 0.2) is 42.5 Å². The van der Waals surface area contributed by atoms with E-state index < -0.39 is 0 Å². The van der Waals surface area contributed by atoms with Gasteiger partial charge in [0.15, 0.2) is 0 Å². The molecule has 0 bridgehead atoms. The minimum absolute atomic E-state index is 0.0240. The number of para-hydroxylation sites is 1. The van der Waals surface area contributed by atoms with Gasteiger partial charge in [-0.1, -0.05) is 18.2 Å². The van der Waals surface area contributed by atoms with Crippen LogP contribution in [0.3, 0.4) is 0 Å². The van der Waals surface area contributed by atoms with Crippen molar-refractivity contribution < 1.29 is 9.13 Å². The van der Waals surface area contributed by atoms with E-state index in [1.807, 2.05) is 31.2 Å². The van der Waals surface area contributed by atoms with E-state index >= 15 is 0 Å². The highest BCUT2D eigenvalue weighted by Gasteiger charge is 2.11. The van der Waals surface area contributed by atoms with Crippen molar-refractivity contribution in [2.45, 2.75) is 19.5 Å². The number of nitrogens with one attached hydrogen (secondary N) is 1. The first kappa shape index (κ1) is 15.0. The summed E-state index contributed by atoms with van der Waals surface area (Å²) in [6.07, 6.45) is 0. The SMILES string of the molecule is COc1ccccc1[C@@H](C)NCc1cc(F)ccc1C#N. The van der Waals surface area contributed by atoms with Crippen LogP contribution in [0.25, 0.3) is 0 Å². The molecule has 1 atom stereocenters. The summed E-state index contributed by atoms with van der Waals surface area (Å²) in [7, 11) is 1.63. The molecular weight excluding hydrogens is 267 g/mol. The molecule has 2 aromatic rings. The highest BCUT2D eigenvalue weighted by molar-refractivity contribution is 5.38. The maximum atomic E-state index is 13.3. The maximum absolute atomic E-state index is 13.3. The zero-order valence-corrected chi connectivity index (χ0v) is 12.1. The van der Waals surface area contributed by atoms with Gasteiger partial charge in [0.05, 0.1) is 18.7 Å². The molecule has 2 rings (SSSR count). The third kappa shape index (κ3) is 3.59. The molecule has 0 unspecified atom stereocenters. The Hall–Kier alpha value is -2.38. The number of methoxy groups -OCH3 is 1. The van der Waals surface area contributed by atoms with Gasteiger partial charge >= 0.3 is 0 Å². The lowest BCUT2D eigenvalue weighted by molar-refractivity contribution is 0.401. The lowest BCUT2D eigenvalue weighted by Crippen LogP contribution is -2.19. The zero-order chi connectivity index (χ0) is 15.2. The highest BCUT2D eigenvalue weighted by Crippen LogP contribution is 2.24. The molecule has 4 heteroatoms. The second-order valence-corrected chi connectivity index (χ2v) is 4.76. The van der Waals surface area contributed by atoms with Crippen molar-refractivity contribution in [2.24, 2.45) is 0 Å². The molecule has 1 N–H and O–H groups in total. The molecule has 0 aromatic heterocycles. The lowest BCUT2D eigenvalue weighted by atomic mass is 10.1. The molecule has 0 heterocycles. The molecular formula is C17H17FN2O. The predicted molar refractivity (Wildman–Crippen MR) is 79.4 cm³/mol. The standard InChI is InChI=1S/C17H17FN2O/c1-12(16-5-3-4-6-17(16)21-2)20-11-14-9-15(18)8-7-13(14)10-19/h3-9,12,20H,11H2,1-2H3/t12-/m1/s1. The normalized spacial score (nSPS) is 11.7. The monoisotopic (exact) mass is 284 g/mol. The summed E-state index contributed by atoms with van der Waals surface area (Å²) in [5.41, 5.74) is 2.16. The molecule has 0 spiro atoms. The molecule has 0 aliphatic carbocycles. The van der Waals surface area contributed by atoms with Crippen LogP contribution < -0.4 is 10.1 Å². The van der Waals surface area contributed by atoms with Crippen LogP contribution in [-0.2, 0) is 6.54 Å². The van der Waals surface area contributed by atoms with Crippen LogP contribution in [0.5, 0.6) is 5.75 Å². The topological polar surface area (TPSA) is 45.0 Å². The Morgan fingerprint density at radius 2 is 2.05 bits per heavy atom. The maximum Gasteiger partial charge on any atom is 0.123 e. The average molecular weight is 284 g/mol. The fourth-order valence-electron chi connectivity index (χ4n) is 2.21. The van der Waals surface area contributed by atoms with Crippen molar-refractivity contribution in [3.63, 3.8) is 0 Å². The number of halogens is 1. The number of hydrogen-bond donors (Lipinski definition) is 1. The average Bonchev–Trinajstić information content (AvgIpc) is 2.52. The smallest absolute Gasteiger partial charge is 0.123 e. The van der Waals surface area contributed by atoms with Gasteiger partial charge in [-0.05, 0) is 36.8 Å². The van der Waals surface area contributed by atoms with E-state index in [1.165, 1.54) is 18.2 Å². The van der Waals surface area contributed by atoms with Gasteiger partial charge in [0.25, 0.3) is 0 Å². The summed E-state index contributed by atoms with van der Waals surface area (Å²) in [5, 5.41) is 12.3. The van der Waals surface area contributed by atoms with Gasteiger partial charge in [0, 0.05) is 18.2 Å². The van der Waals surface area contributed by atoms with Crippen molar-refractivity contribution in [2.75, 3.05) is 7.11 Å². The number of hydrogen-bond acceptors (Lipinski definition) is 3. The van der Waals surface area contributed by atoms with Crippen molar-refractivity contribution >= 4 is 0 Å². The van der Waals surface area contributed by atoms with Gasteiger partial charge in [-0.25, -0.2) is 4.39 Å². The molecule has 0 saturated carbocycles. The Bertz CT molecular complexity index is 664. The van der Waals surface area contributed by atoms with Crippen molar-refractivity contribution in [3.05, 3.63) is 65.0 Å². The Balaban J connectivity index is 2.13. The second-order valence-electron chi connectivity index (χ2n) is 4.76. The summed E-state index contributed by atoms with van der Waals surface area (Å²) in [6, 6.07) is 14.0. The minimum Gasteiger partial charge on any atom is -0.496 e. The van der Waals surface area contributed by atoms with E-state index in [9.17, 15) is 4.39 Å². The first-order valence-corrected chi connectivity index (χ1v) is 6.70. The summed E-state index contributed by atoms with van der Waals surface area (Å²) >= 11 is 0. The molecule has 0 aliphatic rings. The van der Waals surface area contributed by atoms with E-state index in [4.69, 9.17) is 10.00 Å². The number of nitrogens with zero attached hydrogens (tertiary/aromatic N) is 1. The quantitative estimate of drug-likeness (QED) is 0.913. The van der Waals surface area contributed by atoms with Crippen LogP contribution >= 0.6 is 0 Å². The number of ether oxygens (including phenoxy) is 1. The zero-order valence-electron chi connectivity index (χ0n) is 12.1. The first-order valence-electron chi connectivity index (χ1n) is 6.70. The van der Waals surface area contributed by atoms with Crippen molar-refractivity contribution in [1.29, 1.82) is 5.26 Å². The molecule has 0 aliphatic heterocycles. The molecule has 3 nitrogen and oxygen atoms in total. The van der Waals surface area contributed by atoms with E-state index in [-0.39, 0.29) is 11.9 Å². The largest absolute Gasteiger partial charge is 0.496 e. The van der Waals surface area contributed by atoms with Crippen LogP contribution in [0, 0.1) is 17.1 Å². The molecule has 0 amide bonds. The fourth-order valence-corrected chi connectivity index (χ4v) is 2.21. The summed E-state index contributed by atoms with van der Waals surface area (Å²) in [5.74, 6) is 0.466. The third-order valence-electron chi connectivity index (χ3n) is 3.39. The second kappa shape index (κ2) is 6.87. The van der Waals surface area contributed by atoms with Crippen molar-refractivity contribution in [1.82, 2.24) is 5.32 Å².